The fraction of sp³-hybridized carbons (Fsp3) is 0.455. The first-order valence-corrected chi connectivity index (χ1v) is 8.98. The predicted octanol–water partition coefficient (Wildman–Crippen LogP) is 5.67. The summed E-state index contributed by atoms with van der Waals surface area (Å²) >= 11 is 0. The van der Waals surface area contributed by atoms with Crippen LogP contribution in [0.2, 0.25) is 0 Å². The largest absolute Gasteiger partial charge is 0.508 e. The van der Waals surface area contributed by atoms with Gasteiger partial charge in [-0.3, -0.25) is 0 Å². The first kappa shape index (κ1) is 16.9. The Morgan fingerprint density at radius 1 is 1.08 bits per heavy atom. The van der Waals surface area contributed by atoms with Crippen molar-refractivity contribution in [2.24, 2.45) is 5.92 Å². The number of hydrogen-bond acceptors (Lipinski definition) is 2. The summed E-state index contributed by atoms with van der Waals surface area (Å²) in [6.45, 7) is 8.52. The molecule has 1 aliphatic rings. The van der Waals surface area contributed by atoms with Crippen LogP contribution >= 0.6 is 0 Å². The molecule has 2 atom stereocenters. The maximum atomic E-state index is 9.60. The van der Waals surface area contributed by atoms with Gasteiger partial charge in [-0.15, -0.1) is 0 Å². The van der Waals surface area contributed by atoms with Gasteiger partial charge >= 0.3 is 0 Å². The minimum absolute atomic E-state index is 0.175. The van der Waals surface area contributed by atoms with Gasteiger partial charge < -0.3 is 9.84 Å². The van der Waals surface area contributed by atoms with Crippen LogP contribution in [0, 0.1) is 5.92 Å². The van der Waals surface area contributed by atoms with Crippen molar-refractivity contribution in [1.29, 1.82) is 0 Å². The van der Waals surface area contributed by atoms with E-state index in [9.17, 15) is 5.11 Å². The third-order valence-corrected chi connectivity index (χ3v) is 4.91. The molecule has 0 fully saturated rings. The smallest absolute Gasteiger partial charge is 0.120 e. The summed E-state index contributed by atoms with van der Waals surface area (Å²) in [5.74, 6) is 2.34. The lowest BCUT2D eigenvalue weighted by atomic mass is 9.71. The SMILES string of the molecule is CC[C@@H]1CCc2cc(OC(C)(C)C)ccc2C1c1ccc(O)cc1. The maximum Gasteiger partial charge on any atom is 0.120 e. The van der Waals surface area contributed by atoms with E-state index < -0.39 is 0 Å². The summed E-state index contributed by atoms with van der Waals surface area (Å²) in [4.78, 5) is 0. The lowest BCUT2D eigenvalue weighted by Gasteiger charge is -2.34. The average molecular weight is 324 g/mol. The highest BCUT2D eigenvalue weighted by Gasteiger charge is 2.30. The van der Waals surface area contributed by atoms with Crippen LogP contribution < -0.4 is 4.74 Å². The highest BCUT2D eigenvalue weighted by molar-refractivity contribution is 5.45. The number of benzene rings is 2. The zero-order valence-corrected chi connectivity index (χ0v) is 15.2. The molecule has 0 amide bonds. The number of phenols is 1. The molecule has 2 aromatic rings. The molecule has 0 aliphatic heterocycles. The summed E-state index contributed by atoms with van der Waals surface area (Å²) in [5, 5.41) is 9.60. The van der Waals surface area contributed by atoms with Crippen molar-refractivity contribution in [3.63, 3.8) is 0 Å². The van der Waals surface area contributed by atoms with E-state index in [-0.39, 0.29) is 5.60 Å². The van der Waals surface area contributed by atoms with Crippen molar-refractivity contribution in [1.82, 2.24) is 0 Å². The van der Waals surface area contributed by atoms with Crippen LogP contribution in [0.15, 0.2) is 42.5 Å². The van der Waals surface area contributed by atoms with E-state index >= 15 is 0 Å². The fourth-order valence-electron chi connectivity index (χ4n) is 3.85. The molecule has 1 unspecified atom stereocenters. The topological polar surface area (TPSA) is 29.5 Å². The monoisotopic (exact) mass is 324 g/mol. The van der Waals surface area contributed by atoms with Crippen LogP contribution in [0.3, 0.4) is 0 Å². The molecule has 2 heteroatoms. The average Bonchev–Trinajstić information content (AvgIpc) is 2.53. The Morgan fingerprint density at radius 3 is 2.42 bits per heavy atom. The van der Waals surface area contributed by atoms with Gasteiger partial charge in [0.05, 0.1) is 0 Å². The number of aryl methyl sites for hydroxylation is 1. The van der Waals surface area contributed by atoms with E-state index in [1.807, 2.05) is 0 Å². The predicted molar refractivity (Wildman–Crippen MR) is 98.9 cm³/mol. The van der Waals surface area contributed by atoms with Crippen LogP contribution in [0.25, 0.3) is 0 Å². The van der Waals surface area contributed by atoms with E-state index in [1.165, 1.54) is 29.5 Å². The molecule has 1 N–H and O–H groups in total. The van der Waals surface area contributed by atoms with Gasteiger partial charge in [-0.1, -0.05) is 31.5 Å². The number of aromatic hydroxyl groups is 1. The Balaban J connectivity index is 1.99. The first-order chi connectivity index (χ1) is 11.4. The van der Waals surface area contributed by atoms with Gasteiger partial charge in [0.1, 0.15) is 17.1 Å². The lowest BCUT2D eigenvalue weighted by molar-refractivity contribution is 0.130. The molecule has 1 aliphatic carbocycles. The third-order valence-electron chi connectivity index (χ3n) is 4.91. The van der Waals surface area contributed by atoms with Gasteiger partial charge in [0.15, 0.2) is 0 Å². The van der Waals surface area contributed by atoms with Crippen molar-refractivity contribution < 1.29 is 9.84 Å². The Morgan fingerprint density at radius 2 is 1.79 bits per heavy atom. The summed E-state index contributed by atoms with van der Waals surface area (Å²) in [5.41, 5.74) is 3.94. The van der Waals surface area contributed by atoms with E-state index in [0.29, 0.717) is 17.6 Å². The lowest BCUT2D eigenvalue weighted by Crippen LogP contribution is -2.24. The van der Waals surface area contributed by atoms with Gasteiger partial charge in [0.2, 0.25) is 0 Å². The van der Waals surface area contributed by atoms with E-state index in [1.54, 1.807) is 12.1 Å². The quantitative estimate of drug-likeness (QED) is 0.787. The maximum absolute atomic E-state index is 9.60. The standard InChI is InChI=1S/C22H28O2/c1-5-15-6-7-17-14-19(24-22(2,3)4)12-13-20(17)21(15)16-8-10-18(23)11-9-16/h8-15,21,23H,5-7H2,1-4H3/t15-,21?/m1/s1. The van der Waals surface area contributed by atoms with Gasteiger partial charge in [-0.05, 0) is 80.5 Å². The Bertz CT molecular complexity index is 695. The number of hydrogen-bond donors (Lipinski definition) is 1. The molecule has 0 aromatic heterocycles. The summed E-state index contributed by atoms with van der Waals surface area (Å²) in [6.07, 6.45) is 3.49. The zero-order valence-electron chi connectivity index (χ0n) is 15.2. The van der Waals surface area contributed by atoms with Crippen LogP contribution in [0.1, 0.15) is 63.1 Å². The molecule has 0 saturated heterocycles. The third kappa shape index (κ3) is 3.58. The highest BCUT2D eigenvalue weighted by atomic mass is 16.5. The molecule has 0 saturated carbocycles. The molecule has 3 rings (SSSR count). The molecule has 24 heavy (non-hydrogen) atoms. The fourth-order valence-corrected chi connectivity index (χ4v) is 3.85. The molecule has 0 spiro atoms. The normalized spacial score (nSPS) is 20.5. The molecule has 2 aromatic carbocycles. The second-order valence-electron chi connectivity index (χ2n) is 7.85. The highest BCUT2D eigenvalue weighted by Crippen LogP contribution is 2.43. The molecule has 0 radical (unpaired) electrons. The molecule has 0 bridgehead atoms. The molecular weight excluding hydrogens is 296 g/mol. The Hall–Kier alpha value is -1.96. The molecular formula is C22H28O2. The molecule has 2 nitrogen and oxygen atoms in total. The first-order valence-electron chi connectivity index (χ1n) is 8.98. The minimum atomic E-state index is -0.175. The van der Waals surface area contributed by atoms with Crippen molar-refractivity contribution in [2.75, 3.05) is 0 Å². The van der Waals surface area contributed by atoms with Crippen molar-refractivity contribution in [3.05, 3.63) is 59.2 Å². The zero-order chi connectivity index (χ0) is 17.3. The van der Waals surface area contributed by atoms with Crippen LogP contribution in [-0.4, -0.2) is 10.7 Å². The number of rotatable bonds is 3. The van der Waals surface area contributed by atoms with Crippen molar-refractivity contribution in [2.45, 2.75) is 58.5 Å². The van der Waals surface area contributed by atoms with E-state index in [0.717, 1.165) is 12.2 Å². The van der Waals surface area contributed by atoms with Crippen molar-refractivity contribution in [3.8, 4) is 11.5 Å². The minimum Gasteiger partial charge on any atom is -0.508 e. The van der Waals surface area contributed by atoms with Crippen LogP contribution in [0.5, 0.6) is 11.5 Å². The van der Waals surface area contributed by atoms with Crippen LogP contribution in [0.4, 0.5) is 0 Å². The number of phenolic OH excluding ortho intramolecular Hbond substituents is 1. The summed E-state index contributed by atoms with van der Waals surface area (Å²) in [7, 11) is 0. The number of fused-ring (bicyclic) bond motifs is 1. The van der Waals surface area contributed by atoms with Gasteiger partial charge in [-0.25, -0.2) is 0 Å². The Labute approximate surface area is 145 Å². The van der Waals surface area contributed by atoms with Gasteiger partial charge in [-0.2, -0.15) is 0 Å². The summed E-state index contributed by atoms with van der Waals surface area (Å²) in [6, 6.07) is 14.3. The van der Waals surface area contributed by atoms with Gasteiger partial charge in [0.25, 0.3) is 0 Å². The second kappa shape index (κ2) is 6.51. The van der Waals surface area contributed by atoms with E-state index in [4.69, 9.17) is 4.74 Å². The van der Waals surface area contributed by atoms with Gasteiger partial charge in [0, 0.05) is 5.92 Å². The second-order valence-corrected chi connectivity index (χ2v) is 7.85. The number of ether oxygens (including phenoxy) is 1. The Kier molecular flexibility index (Phi) is 4.58. The molecule has 0 heterocycles. The summed E-state index contributed by atoms with van der Waals surface area (Å²) < 4.78 is 6.04. The van der Waals surface area contributed by atoms with Crippen molar-refractivity contribution >= 4 is 0 Å². The van der Waals surface area contributed by atoms with E-state index in [2.05, 4.69) is 58.0 Å². The molecule has 128 valence electrons. The van der Waals surface area contributed by atoms with Crippen LogP contribution in [-0.2, 0) is 6.42 Å².